The van der Waals surface area contributed by atoms with Gasteiger partial charge in [0.1, 0.15) is 6.07 Å². The number of anilines is 1. The van der Waals surface area contributed by atoms with Gasteiger partial charge >= 0.3 is 0 Å². The van der Waals surface area contributed by atoms with Crippen LogP contribution >= 0.6 is 0 Å². The molecule has 1 saturated carbocycles. The van der Waals surface area contributed by atoms with Gasteiger partial charge in [-0.25, -0.2) is 9.97 Å². The fraction of sp³-hybridized carbons (Fsp3) is 0.353. The van der Waals surface area contributed by atoms with Gasteiger partial charge < -0.3 is 4.90 Å². The molecule has 1 aromatic carbocycles. The highest BCUT2D eigenvalue weighted by Gasteiger charge is 2.53. The Hall–Kier alpha value is -2.41. The van der Waals surface area contributed by atoms with Crippen LogP contribution in [0.1, 0.15) is 30.0 Å². The number of hydrogen-bond acceptors (Lipinski definition) is 4. The first kappa shape index (κ1) is 12.3. The van der Waals surface area contributed by atoms with Crippen LogP contribution in [0.15, 0.2) is 42.7 Å². The van der Waals surface area contributed by atoms with Crippen molar-refractivity contribution >= 4 is 5.82 Å². The molecule has 104 valence electrons. The average molecular weight is 276 g/mol. The van der Waals surface area contributed by atoms with Crippen LogP contribution in [0.2, 0.25) is 0 Å². The highest BCUT2D eigenvalue weighted by atomic mass is 15.3. The van der Waals surface area contributed by atoms with Gasteiger partial charge in [0, 0.05) is 30.9 Å². The van der Waals surface area contributed by atoms with Gasteiger partial charge in [0.2, 0.25) is 0 Å². The van der Waals surface area contributed by atoms with Crippen LogP contribution in [0.3, 0.4) is 0 Å². The lowest BCUT2D eigenvalue weighted by molar-refractivity contribution is 0.0626. The molecule has 2 fully saturated rings. The lowest BCUT2D eigenvalue weighted by Gasteiger charge is -2.59. The standard InChI is InChI=1S/C17H16N4/c18-10-15-16(20-7-6-19-15)21-11-17(12-21)8-14(9-17)13-4-2-1-3-5-13/h1-7,14H,8-9,11-12H2. The molecular formula is C17H16N4. The van der Waals surface area contributed by atoms with Crippen molar-refractivity contribution < 1.29 is 0 Å². The van der Waals surface area contributed by atoms with E-state index in [9.17, 15) is 0 Å². The number of hydrogen-bond donors (Lipinski definition) is 0. The molecule has 1 aliphatic carbocycles. The van der Waals surface area contributed by atoms with Gasteiger partial charge in [-0.1, -0.05) is 30.3 Å². The van der Waals surface area contributed by atoms with E-state index in [-0.39, 0.29) is 0 Å². The zero-order valence-corrected chi connectivity index (χ0v) is 11.7. The summed E-state index contributed by atoms with van der Waals surface area (Å²) in [5.41, 5.74) is 2.33. The van der Waals surface area contributed by atoms with E-state index in [1.165, 1.54) is 18.4 Å². The first-order chi connectivity index (χ1) is 10.3. The van der Waals surface area contributed by atoms with Crippen molar-refractivity contribution in [1.29, 1.82) is 5.26 Å². The van der Waals surface area contributed by atoms with E-state index in [1.807, 2.05) is 0 Å². The average Bonchev–Trinajstić information content (AvgIpc) is 2.46. The SMILES string of the molecule is N#Cc1nccnc1N1CC2(CC(c3ccccc3)C2)C1. The van der Waals surface area contributed by atoms with E-state index in [0.29, 0.717) is 17.0 Å². The molecule has 0 amide bonds. The number of benzene rings is 1. The molecule has 2 aromatic rings. The fourth-order valence-corrected chi connectivity index (χ4v) is 3.76. The van der Waals surface area contributed by atoms with Crippen molar-refractivity contribution in [1.82, 2.24) is 9.97 Å². The van der Waals surface area contributed by atoms with E-state index in [1.54, 1.807) is 12.4 Å². The summed E-state index contributed by atoms with van der Waals surface area (Å²) in [5, 5.41) is 9.10. The first-order valence-corrected chi connectivity index (χ1v) is 7.31. The molecule has 1 saturated heterocycles. The summed E-state index contributed by atoms with van der Waals surface area (Å²) in [5.74, 6) is 1.44. The summed E-state index contributed by atoms with van der Waals surface area (Å²) in [6, 6.07) is 12.9. The Morgan fingerprint density at radius 3 is 2.52 bits per heavy atom. The van der Waals surface area contributed by atoms with Crippen LogP contribution in [-0.2, 0) is 0 Å². The largest absolute Gasteiger partial charge is 0.353 e. The molecule has 0 radical (unpaired) electrons. The lowest BCUT2D eigenvalue weighted by Crippen LogP contribution is -2.62. The zero-order valence-electron chi connectivity index (χ0n) is 11.7. The summed E-state index contributed by atoms with van der Waals surface area (Å²) in [4.78, 5) is 10.6. The van der Waals surface area contributed by atoms with Gasteiger partial charge in [0.05, 0.1) is 0 Å². The maximum absolute atomic E-state index is 9.10. The normalized spacial score (nSPS) is 19.7. The number of nitrogens with zero attached hydrogens (tertiary/aromatic N) is 4. The fourth-order valence-electron chi connectivity index (χ4n) is 3.76. The van der Waals surface area contributed by atoms with Crippen LogP contribution in [-0.4, -0.2) is 23.1 Å². The highest BCUT2D eigenvalue weighted by Crippen LogP contribution is 2.56. The first-order valence-electron chi connectivity index (χ1n) is 7.31. The topological polar surface area (TPSA) is 52.8 Å². The van der Waals surface area contributed by atoms with Crippen LogP contribution in [0.4, 0.5) is 5.82 Å². The predicted molar refractivity (Wildman–Crippen MR) is 79.8 cm³/mol. The van der Waals surface area contributed by atoms with Gasteiger partial charge in [-0.3, -0.25) is 0 Å². The summed E-state index contributed by atoms with van der Waals surface area (Å²) in [6.07, 6.45) is 5.73. The Bertz CT molecular complexity index is 690. The van der Waals surface area contributed by atoms with Crippen LogP contribution in [0.25, 0.3) is 0 Å². The molecule has 4 rings (SSSR count). The van der Waals surface area contributed by atoms with E-state index in [4.69, 9.17) is 5.26 Å². The second-order valence-corrected chi connectivity index (χ2v) is 6.21. The summed E-state index contributed by atoms with van der Waals surface area (Å²) in [7, 11) is 0. The summed E-state index contributed by atoms with van der Waals surface area (Å²) < 4.78 is 0. The third kappa shape index (κ3) is 1.97. The minimum absolute atomic E-state index is 0.435. The van der Waals surface area contributed by atoms with Crippen molar-refractivity contribution in [3.8, 4) is 6.07 Å². The quantitative estimate of drug-likeness (QED) is 0.846. The van der Waals surface area contributed by atoms with E-state index < -0.39 is 0 Å². The smallest absolute Gasteiger partial charge is 0.183 e. The molecule has 0 unspecified atom stereocenters. The molecule has 2 heterocycles. The highest BCUT2D eigenvalue weighted by molar-refractivity contribution is 5.53. The van der Waals surface area contributed by atoms with Crippen molar-refractivity contribution in [2.24, 2.45) is 5.41 Å². The number of nitriles is 1. The van der Waals surface area contributed by atoms with E-state index >= 15 is 0 Å². The second-order valence-electron chi connectivity index (χ2n) is 6.21. The van der Waals surface area contributed by atoms with Crippen molar-refractivity contribution in [3.05, 3.63) is 54.0 Å². The number of rotatable bonds is 2. The molecule has 1 spiro atoms. The van der Waals surface area contributed by atoms with Gasteiger partial charge in [-0.2, -0.15) is 5.26 Å². The molecule has 0 N–H and O–H groups in total. The Morgan fingerprint density at radius 1 is 1.10 bits per heavy atom. The van der Waals surface area contributed by atoms with Crippen molar-refractivity contribution in [2.45, 2.75) is 18.8 Å². The van der Waals surface area contributed by atoms with Crippen LogP contribution < -0.4 is 4.90 Å². The van der Waals surface area contributed by atoms with Crippen LogP contribution in [0.5, 0.6) is 0 Å². The Morgan fingerprint density at radius 2 is 1.81 bits per heavy atom. The number of aromatic nitrogens is 2. The van der Waals surface area contributed by atoms with Gasteiger partial charge in [-0.15, -0.1) is 0 Å². The molecule has 4 heteroatoms. The van der Waals surface area contributed by atoms with Crippen molar-refractivity contribution in [3.63, 3.8) is 0 Å². The molecule has 2 aliphatic rings. The minimum atomic E-state index is 0.435. The zero-order chi connectivity index (χ0) is 14.3. The summed E-state index contributed by atoms with van der Waals surface area (Å²) >= 11 is 0. The van der Waals surface area contributed by atoms with Gasteiger partial charge in [0.15, 0.2) is 11.5 Å². The maximum atomic E-state index is 9.10. The summed E-state index contributed by atoms with van der Waals surface area (Å²) in [6.45, 7) is 2.01. The van der Waals surface area contributed by atoms with E-state index in [2.05, 4.69) is 51.3 Å². The predicted octanol–water partition coefficient (Wildman–Crippen LogP) is 2.73. The molecule has 1 aromatic heterocycles. The molecule has 4 nitrogen and oxygen atoms in total. The second kappa shape index (κ2) is 4.56. The van der Waals surface area contributed by atoms with E-state index in [0.717, 1.165) is 18.9 Å². The third-order valence-electron chi connectivity index (χ3n) is 4.77. The Labute approximate surface area is 124 Å². The maximum Gasteiger partial charge on any atom is 0.183 e. The Balaban J connectivity index is 1.42. The Kier molecular flexibility index (Phi) is 2.68. The lowest BCUT2D eigenvalue weighted by atomic mass is 9.56. The minimum Gasteiger partial charge on any atom is -0.353 e. The monoisotopic (exact) mass is 276 g/mol. The molecule has 21 heavy (non-hydrogen) atoms. The molecule has 0 bridgehead atoms. The molecule has 0 atom stereocenters. The van der Waals surface area contributed by atoms with Gasteiger partial charge in [0.25, 0.3) is 0 Å². The van der Waals surface area contributed by atoms with Gasteiger partial charge in [-0.05, 0) is 24.3 Å². The van der Waals surface area contributed by atoms with Crippen LogP contribution in [0, 0.1) is 16.7 Å². The molecular weight excluding hydrogens is 260 g/mol. The van der Waals surface area contributed by atoms with Crippen molar-refractivity contribution in [2.75, 3.05) is 18.0 Å². The molecule has 1 aliphatic heterocycles. The third-order valence-corrected chi connectivity index (χ3v) is 4.77.